The van der Waals surface area contributed by atoms with Crippen LogP contribution in [0, 0.1) is 12.3 Å². The molecule has 2 heterocycles. The zero-order valence-electron chi connectivity index (χ0n) is 13.4. The van der Waals surface area contributed by atoms with Crippen LogP contribution in [0.1, 0.15) is 25.6 Å². The molecule has 1 aliphatic rings. The molecule has 0 spiro atoms. The van der Waals surface area contributed by atoms with Crippen molar-refractivity contribution in [1.29, 1.82) is 0 Å². The Kier molecular flexibility index (Phi) is 4.97. The van der Waals surface area contributed by atoms with E-state index in [9.17, 15) is 0 Å². The van der Waals surface area contributed by atoms with Crippen LogP contribution >= 0.6 is 0 Å². The summed E-state index contributed by atoms with van der Waals surface area (Å²) in [6.07, 6.45) is 5.37. The van der Waals surface area contributed by atoms with Crippen molar-refractivity contribution in [3.05, 3.63) is 5.82 Å². The summed E-state index contributed by atoms with van der Waals surface area (Å²) in [5.74, 6) is 5.32. The summed E-state index contributed by atoms with van der Waals surface area (Å²) >= 11 is 0. The molecule has 1 fully saturated rings. The number of aromatic nitrogens is 3. The Hall–Kier alpha value is -1.87. The van der Waals surface area contributed by atoms with Crippen LogP contribution in [0.2, 0.25) is 0 Å². The van der Waals surface area contributed by atoms with Crippen molar-refractivity contribution in [2.45, 2.75) is 19.8 Å². The molecule has 21 heavy (non-hydrogen) atoms. The Morgan fingerprint density at radius 2 is 1.81 bits per heavy atom. The second-order valence-corrected chi connectivity index (χ2v) is 5.81. The van der Waals surface area contributed by atoms with Crippen LogP contribution in [0.15, 0.2) is 0 Å². The number of hydrogen-bond donors (Lipinski definition) is 0. The lowest BCUT2D eigenvalue weighted by molar-refractivity contribution is 0.286. The normalized spacial score (nSPS) is 16.1. The van der Waals surface area contributed by atoms with Gasteiger partial charge in [-0.05, 0) is 0 Å². The molecule has 6 nitrogen and oxygen atoms in total. The maximum absolute atomic E-state index is 5.37. The van der Waals surface area contributed by atoms with Crippen molar-refractivity contribution in [2.24, 2.45) is 0 Å². The van der Waals surface area contributed by atoms with Crippen molar-refractivity contribution in [3.8, 4) is 12.3 Å². The van der Waals surface area contributed by atoms with Gasteiger partial charge in [0.25, 0.3) is 0 Å². The summed E-state index contributed by atoms with van der Waals surface area (Å²) in [4.78, 5) is 20.1. The Morgan fingerprint density at radius 3 is 2.33 bits per heavy atom. The average molecular weight is 288 g/mol. The van der Waals surface area contributed by atoms with E-state index in [1.165, 1.54) is 0 Å². The van der Waals surface area contributed by atoms with Crippen LogP contribution in [0.25, 0.3) is 0 Å². The third-order valence-electron chi connectivity index (χ3n) is 3.52. The summed E-state index contributed by atoms with van der Waals surface area (Å²) in [6, 6.07) is 0. The van der Waals surface area contributed by atoms with Gasteiger partial charge in [-0.2, -0.15) is 15.0 Å². The van der Waals surface area contributed by atoms with Crippen LogP contribution in [0.3, 0.4) is 0 Å². The summed E-state index contributed by atoms with van der Waals surface area (Å²) in [5, 5.41) is 0. The Labute approximate surface area is 127 Å². The van der Waals surface area contributed by atoms with Crippen molar-refractivity contribution in [1.82, 2.24) is 19.9 Å². The molecule has 0 radical (unpaired) electrons. The van der Waals surface area contributed by atoms with E-state index in [2.05, 4.69) is 44.5 Å². The molecule has 1 aliphatic heterocycles. The SMILES string of the molecule is C#CCN1CCN(c2nc(C(C)C)nc(N(C)C)n2)CC1. The minimum absolute atomic E-state index is 0.285. The summed E-state index contributed by atoms with van der Waals surface area (Å²) in [6.45, 7) is 8.61. The zero-order valence-corrected chi connectivity index (χ0v) is 13.4. The van der Waals surface area contributed by atoms with Gasteiger partial charge in [-0.25, -0.2) is 0 Å². The molecule has 0 atom stereocenters. The van der Waals surface area contributed by atoms with Gasteiger partial charge in [-0.1, -0.05) is 19.8 Å². The van der Waals surface area contributed by atoms with Crippen LogP contribution < -0.4 is 9.80 Å². The van der Waals surface area contributed by atoms with Crippen molar-refractivity contribution in [2.75, 3.05) is 56.6 Å². The largest absolute Gasteiger partial charge is 0.347 e. The standard InChI is InChI=1S/C15H24N6/c1-6-7-20-8-10-21(11-9-20)15-17-13(12(2)3)16-14(18-15)19(4)5/h1,12H,7-11H2,2-5H3. The number of anilines is 2. The number of hydrogen-bond acceptors (Lipinski definition) is 6. The molecule has 0 aliphatic carbocycles. The molecule has 114 valence electrons. The molecule has 0 saturated carbocycles. The zero-order chi connectivity index (χ0) is 15.4. The van der Waals surface area contributed by atoms with Gasteiger partial charge in [0.2, 0.25) is 11.9 Å². The lowest BCUT2D eigenvalue weighted by atomic mass is 10.2. The third kappa shape index (κ3) is 3.82. The van der Waals surface area contributed by atoms with E-state index in [1.54, 1.807) is 0 Å². The van der Waals surface area contributed by atoms with E-state index in [4.69, 9.17) is 6.42 Å². The van der Waals surface area contributed by atoms with Gasteiger partial charge in [0.1, 0.15) is 5.82 Å². The molecule has 0 unspecified atom stereocenters. The quantitative estimate of drug-likeness (QED) is 0.765. The first-order valence-electron chi connectivity index (χ1n) is 7.35. The number of nitrogens with zero attached hydrogens (tertiary/aromatic N) is 6. The van der Waals surface area contributed by atoms with Crippen LogP contribution in [-0.4, -0.2) is 66.7 Å². The van der Waals surface area contributed by atoms with E-state index in [0.717, 1.165) is 43.9 Å². The first kappa shape index (κ1) is 15.5. The average Bonchev–Trinajstić information content (AvgIpc) is 2.47. The molecule has 0 bridgehead atoms. The third-order valence-corrected chi connectivity index (χ3v) is 3.52. The van der Waals surface area contributed by atoms with E-state index >= 15 is 0 Å². The molecule has 0 N–H and O–H groups in total. The van der Waals surface area contributed by atoms with Crippen LogP contribution in [0.4, 0.5) is 11.9 Å². The summed E-state index contributed by atoms with van der Waals surface area (Å²) in [5.41, 5.74) is 0. The monoisotopic (exact) mass is 288 g/mol. The summed E-state index contributed by atoms with van der Waals surface area (Å²) in [7, 11) is 3.90. The second-order valence-electron chi connectivity index (χ2n) is 5.81. The van der Waals surface area contributed by atoms with Gasteiger partial charge in [0.05, 0.1) is 6.54 Å². The molecular formula is C15H24N6. The van der Waals surface area contributed by atoms with Gasteiger partial charge < -0.3 is 9.80 Å². The summed E-state index contributed by atoms with van der Waals surface area (Å²) < 4.78 is 0. The van der Waals surface area contributed by atoms with Crippen molar-refractivity contribution >= 4 is 11.9 Å². The molecule has 1 aromatic rings. The predicted molar refractivity (Wildman–Crippen MR) is 85.7 cm³/mol. The fourth-order valence-corrected chi connectivity index (χ4v) is 2.20. The number of piperazine rings is 1. The van der Waals surface area contributed by atoms with E-state index in [0.29, 0.717) is 6.54 Å². The highest BCUT2D eigenvalue weighted by atomic mass is 15.4. The molecule has 1 aromatic heterocycles. The second kappa shape index (κ2) is 6.72. The van der Waals surface area contributed by atoms with Gasteiger partial charge in [-0.3, -0.25) is 4.90 Å². The maximum atomic E-state index is 5.37. The first-order valence-corrected chi connectivity index (χ1v) is 7.35. The van der Waals surface area contributed by atoms with Crippen LogP contribution in [-0.2, 0) is 0 Å². The highest BCUT2D eigenvalue weighted by Crippen LogP contribution is 2.18. The van der Waals surface area contributed by atoms with Gasteiger partial charge in [0, 0.05) is 46.2 Å². The van der Waals surface area contributed by atoms with E-state index < -0.39 is 0 Å². The minimum Gasteiger partial charge on any atom is -0.347 e. The maximum Gasteiger partial charge on any atom is 0.230 e. The molecule has 2 rings (SSSR count). The predicted octanol–water partition coefficient (Wildman–Crippen LogP) is 0.816. The van der Waals surface area contributed by atoms with Crippen LogP contribution in [0.5, 0.6) is 0 Å². The smallest absolute Gasteiger partial charge is 0.230 e. The molecule has 0 aromatic carbocycles. The van der Waals surface area contributed by atoms with Crippen molar-refractivity contribution in [3.63, 3.8) is 0 Å². The van der Waals surface area contributed by atoms with Gasteiger partial charge in [-0.15, -0.1) is 6.42 Å². The fourth-order valence-electron chi connectivity index (χ4n) is 2.20. The first-order chi connectivity index (χ1) is 10.0. The number of rotatable bonds is 4. The Balaban J connectivity index is 2.18. The Bertz CT molecular complexity index is 485. The molecule has 1 saturated heterocycles. The Morgan fingerprint density at radius 1 is 1.14 bits per heavy atom. The lowest BCUT2D eigenvalue weighted by Crippen LogP contribution is -2.47. The van der Waals surface area contributed by atoms with E-state index in [-0.39, 0.29) is 5.92 Å². The highest BCUT2D eigenvalue weighted by molar-refractivity contribution is 5.39. The van der Waals surface area contributed by atoms with Gasteiger partial charge in [0.15, 0.2) is 0 Å². The molecular weight excluding hydrogens is 264 g/mol. The topological polar surface area (TPSA) is 48.4 Å². The highest BCUT2D eigenvalue weighted by Gasteiger charge is 2.20. The fraction of sp³-hybridized carbons (Fsp3) is 0.667. The van der Waals surface area contributed by atoms with Crippen molar-refractivity contribution < 1.29 is 0 Å². The lowest BCUT2D eigenvalue weighted by Gasteiger charge is -2.34. The molecule has 6 heteroatoms. The molecule has 0 amide bonds. The number of terminal acetylenes is 1. The van der Waals surface area contributed by atoms with E-state index in [1.807, 2.05) is 19.0 Å². The minimum atomic E-state index is 0.285. The van der Waals surface area contributed by atoms with Gasteiger partial charge >= 0.3 is 0 Å².